The molecule has 6 nitrogen and oxygen atoms in total. The lowest BCUT2D eigenvalue weighted by Crippen LogP contribution is -2.38. The van der Waals surface area contributed by atoms with Crippen LogP contribution in [0.25, 0.3) is 0 Å². The predicted molar refractivity (Wildman–Crippen MR) is 89.4 cm³/mol. The number of aliphatic imine (C=N–C) groups is 1. The summed E-state index contributed by atoms with van der Waals surface area (Å²) in [5, 5.41) is 17.1. The predicted octanol–water partition coefficient (Wildman–Crippen LogP) is 2.29. The largest absolute Gasteiger partial charge is 0.353 e. The maximum atomic E-state index is 10.7. The summed E-state index contributed by atoms with van der Waals surface area (Å²) in [5.74, 6) is 1.43. The monoisotopic (exact) mass is 390 g/mol. The molecule has 1 aromatic carbocycles. The van der Waals surface area contributed by atoms with Crippen molar-refractivity contribution in [3.8, 4) is 0 Å². The Kier molecular flexibility index (Phi) is 6.18. The van der Waals surface area contributed by atoms with Crippen LogP contribution < -0.4 is 10.6 Å². The number of benzene rings is 1. The molecular formula is C13H19IN4O2. The number of non-ortho nitro benzene ring substituents is 1. The molecule has 0 bridgehead atoms. The molecule has 0 heterocycles. The standard InChI is InChI=1S/C13H18N4O2.HI/c1-9-6-12(9)16-13(14-2)15-8-10-4-3-5-11(7-10)17(18)19;/h3-5,7,9,12H,6,8H2,1-2H3,(H2,14,15,16);1H. The van der Waals surface area contributed by atoms with Crippen LogP contribution in [-0.4, -0.2) is 24.0 Å². The molecule has 0 saturated heterocycles. The third-order valence-electron chi connectivity index (χ3n) is 3.24. The Labute approximate surface area is 135 Å². The summed E-state index contributed by atoms with van der Waals surface area (Å²) in [4.78, 5) is 14.4. The fraction of sp³-hybridized carbons (Fsp3) is 0.462. The van der Waals surface area contributed by atoms with Crippen molar-refractivity contribution in [2.45, 2.75) is 25.9 Å². The molecule has 0 aliphatic heterocycles. The van der Waals surface area contributed by atoms with Gasteiger partial charge in [0.1, 0.15) is 0 Å². The number of nitro groups is 1. The molecule has 1 aliphatic carbocycles. The number of guanidine groups is 1. The van der Waals surface area contributed by atoms with Crippen LogP contribution in [0, 0.1) is 16.0 Å². The zero-order chi connectivity index (χ0) is 13.8. The molecule has 0 aromatic heterocycles. The summed E-state index contributed by atoms with van der Waals surface area (Å²) in [6.45, 7) is 2.70. The Morgan fingerprint density at radius 3 is 2.80 bits per heavy atom. The lowest BCUT2D eigenvalue weighted by molar-refractivity contribution is -0.384. The van der Waals surface area contributed by atoms with Gasteiger partial charge >= 0.3 is 0 Å². The van der Waals surface area contributed by atoms with E-state index in [9.17, 15) is 10.1 Å². The molecule has 0 amide bonds. The fourth-order valence-electron chi connectivity index (χ4n) is 1.86. The van der Waals surface area contributed by atoms with Gasteiger partial charge in [0.25, 0.3) is 5.69 Å². The average Bonchev–Trinajstić information content (AvgIpc) is 3.10. The molecule has 2 N–H and O–H groups in total. The third kappa shape index (κ3) is 4.62. The molecule has 0 radical (unpaired) electrons. The fourth-order valence-corrected chi connectivity index (χ4v) is 1.86. The van der Waals surface area contributed by atoms with Crippen LogP contribution in [0.2, 0.25) is 0 Å². The lowest BCUT2D eigenvalue weighted by atomic mass is 10.2. The van der Waals surface area contributed by atoms with Gasteiger partial charge in [0, 0.05) is 31.8 Å². The topological polar surface area (TPSA) is 79.6 Å². The molecule has 2 atom stereocenters. The van der Waals surface area contributed by atoms with Crippen molar-refractivity contribution in [2.24, 2.45) is 10.9 Å². The van der Waals surface area contributed by atoms with Crippen LogP contribution in [0.3, 0.4) is 0 Å². The Morgan fingerprint density at radius 2 is 2.25 bits per heavy atom. The van der Waals surface area contributed by atoms with Crippen molar-refractivity contribution in [3.63, 3.8) is 0 Å². The maximum Gasteiger partial charge on any atom is 0.269 e. The quantitative estimate of drug-likeness (QED) is 0.272. The number of nitrogens with one attached hydrogen (secondary N) is 2. The van der Waals surface area contributed by atoms with E-state index in [1.807, 2.05) is 6.07 Å². The van der Waals surface area contributed by atoms with Crippen molar-refractivity contribution < 1.29 is 4.92 Å². The number of hydrogen-bond acceptors (Lipinski definition) is 3. The molecule has 1 aromatic rings. The van der Waals surface area contributed by atoms with Gasteiger partial charge in [0.05, 0.1) is 4.92 Å². The summed E-state index contributed by atoms with van der Waals surface area (Å²) in [5.41, 5.74) is 0.971. The van der Waals surface area contributed by atoms with Crippen LogP contribution in [-0.2, 0) is 6.54 Å². The lowest BCUT2D eigenvalue weighted by Gasteiger charge is -2.11. The highest BCUT2D eigenvalue weighted by Gasteiger charge is 2.33. The number of nitrogens with zero attached hydrogens (tertiary/aromatic N) is 2. The summed E-state index contributed by atoms with van der Waals surface area (Å²) in [6, 6.07) is 7.10. The summed E-state index contributed by atoms with van der Waals surface area (Å²) >= 11 is 0. The first-order valence-corrected chi connectivity index (χ1v) is 6.30. The van der Waals surface area contributed by atoms with Crippen molar-refractivity contribution in [1.29, 1.82) is 0 Å². The molecule has 1 saturated carbocycles. The highest BCUT2D eigenvalue weighted by Crippen LogP contribution is 2.28. The first kappa shape index (κ1) is 16.7. The molecule has 1 fully saturated rings. The van der Waals surface area contributed by atoms with Crippen molar-refractivity contribution in [1.82, 2.24) is 10.6 Å². The average molecular weight is 390 g/mol. The second-order valence-corrected chi connectivity index (χ2v) is 4.82. The zero-order valence-corrected chi connectivity index (χ0v) is 13.8. The van der Waals surface area contributed by atoms with Crippen LogP contribution >= 0.6 is 24.0 Å². The number of halogens is 1. The highest BCUT2D eigenvalue weighted by molar-refractivity contribution is 14.0. The summed E-state index contributed by atoms with van der Waals surface area (Å²) in [7, 11) is 1.72. The van der Waals surface area contributed by atoms with E-state index in [1.165, 1.54) is 6.07 Å². The van der Waals surface area contributed by atoms with Gasteiger partial charge in [-0.25, -0.2) is 0 Å². The second kappa shape index (κ2) is 7.41. The highest BCUT2D eigenvalue weighted by atomic mass is 127. The first-order chi connectivity index (χ1) is 9.10. The van der Waals surface area contributed by atoms with Gasteiger partial charge in [0.15, 0.2) is 5.96 Å². The molecule has 7 heteroatoms. The number of rotatable bonds is 4. The molecule has 110 valence electrons. The molecule has 20 heavy (non-hydrogen) atoms. The minimum absolute atomic E-state index is 0. The molecule has 0 spiro atoms. The maximum absolute atomic E-state index is 10.7. The number of nitro benzene ring substituents is 1. The minimum Gasteiger partial charge on any atom is -0.353 e. The molecular weight excluding hydrogens is 371 g/mol. The van der Waals surface area contributed by atoms with Crippen LogP contribution in [0.5, 0.6) is 0 Å². The Hall–Kier alpha value is -1.38. The van der Waals surface area contributed by atoms with E-state index < -0.39 is 0 Å². The Bertz CT molecular complexity index is 507. The minimum atomic E-state index is -0.386. The Balaban J connectivity index is 0.00000200. The molecule has 1 aliphatic rings. The van der Waals surface area contributed by atoms with Crippen LogP contribution in [0.4, 0.5) is 5.69 Å². The van der Waals surface area contributed by atoms with E-state index in [4.69, 9.17) is 0 Å². The number of hydrogen-bond donors (Lipinski definition) is 2. The van der Waals surface area contributed by atoms with E-state index in [0.717, 1.165) is 17.9 Å². The molecule has 2 rings (SSSR count). The molecule has 2 unspecified atom stereocenters. The van der Waals surface area contributed by atoms with Crippen LogP contribution in [0.1, 0.15) is 18.9 Å². The van der Waals surface area contributed by atoms with Crippen LogP contribution in [0.15, 0.2) is 29.3 Å². The SMILES string of the molecule is CN=C(NCc1cccc([N+](=O)[O-])c1)NC1CC1C.I. The van der Waals surface area contributed by atoms with E-state index in [2.05, 4.69) is 22.5 Å². The van der Waals surface area contributed by atoms with Gasteiger partial charge in [0.2, 0.25) is 0 Å². The smallest absolute Gasteiger partial charge is 0.269 e. The van der Waals surface area contributed by atoms with Gasteiger partial charge < -0.3 is 10.6 Å². The zero-order valence-electron chi connectivity index (χ0n) is 11.5. The van der Waals surface area contributed by atoms with Gasteiger partial charge in [-0.2, -0.15) is 0 Å². The first-order valence-electron chi connectivity index (χ1n) is 6.30. The second-order valence-electron chi connectivity index (χ2n) is 4.82. The van der Waals surface area contributed by atoms with E-state index in [1.54, 1.807) is 19.2 Å². The van der Waals surface area contributed by atoms with Crippen molar-refractivity contribution in [2.75, 3.05) is 7.05 Å². The van der Waals surface area contributed by atoms with Gasteiger partial charge in [-0.15, -0.1) is 24.0 Å². The normalized spacial score (nSPS) is 20.8. The van der Waals surface area contributed by atoms with Gasteiger partial charge in [-0.3, -0.25) is 15.1 Å². The summed E-state index contributed by atoms with van der Waals surface area (Å²) in [6.07, 6.45) is 1.16. The van der Waals surface area contributed by atoms with Gasteiger partial charge in [-0.1, -0.05) is 19.1 Å². The Morgan fingerprint density at radius 1 is 1.55 bits per heavy atom. The van der Waals surface area contributed by atoms with Crippen molar-refractivity contribution in [3.05, 3.63) is 39.9 Å². The third-order valence-corrected chi connectivity index (χ3v) is 3.24. The summed E-state index contributed by atoms with van der Waals surface area (Å²) < 4.78 is 0. The van der Waals surface area contributed by atoms with Gasteiger partial charge in [-0.05, 0) is 17.9 Å². The van der Waals surface area contributed by atoms with E-state index >= 15 is 0 Å². The van der Waals surface area contributed by atoms with E-state index in [-0.39, 0.29) is 34.6 Å². The van der Waals surface area contributed by atoms with Crippen molar-refractivity contribution >= 4 is 35.6 Å². The van der Waals surface area contributed by atoms with E-state index in [0.29, 0.717) is 18.5 Å².